The van der Waals surface area contributed by atoms with Gasteiger partial charge < -0.3 is 14.6 Å². The molecule has 6 nitrogen and oxygen atoms in total. The monoisotopic (exact) mass is 328 g/mol. The van der Waals surface area contributed by atoms with Gasteiger partial charge in [-0.15, -0.1) is 0 Å². The number of carbonyl (C=O) groups is 1. The molecule has 128 valence electrons. The molecule has 4 rings (SSSR count). The Morgan fingerprint density at radius 1 is 1.42 bits per heavy atom. The predicted molar refractivity (Wildman–Crippen MR) is 89.6 cm³/mol. The lowest BCUT2D eigenvalue weighted by Crippen LogP contribution is -2.42. The quantitative estimate of drug-likeness (QED) is 0.882. The van der Waals surface area contributed by atoms with E-state index in [0.717, 1.165) is 37.5 Å². The lowest BCUT2D eigenvalue weighted by molar-refractivity contribution is 0.0199. The Morgan fingerprint density at radius 3 is 2.96 bits per heavy atom. The lowest BCUT2D eigenvalue weighted by atomic mass is 10.0. The van der Waals surface area contributed by atoms with E-state index in [1.165, 1.54) is 12.8 Å². The van der Waals surface area contributed by atoms with Gasteiger partial charge in [0.2, 0.25) is 0 Å². The van der Waals surface area contributed by atoms with E-state index in [1.54, 1.807) is 6.20 Å². The molecule has 0 radical (unpaired) electrons. The summed E-state index contributed by atoms with van der Waals surface area (Å²) < 4.78 is 7.99. The number of likely N-dealkylation sites (tertiary alicyclic amines) is 1. The molecule has 0 unspecified atom stereocenters. The molecule has 6 heteroatoms. The van der Waals surface area contributed by atoms with Gasteiger partial charge in [0.1, 0.15) is 5.69 Å². The minimum atomic E-state index is 0.0615. The molecule has 2 atom stereocenters. The lowest BCUT2D eigenvalue weighted by Gasteiger charge is -2.28. The SMILES string of the molecule is Cn1cc(C[C@H]2[C@@H](OCC3CC3)CCN2C(=O)c2ccc[nH]2)cn1. The molecule has 2 aliphatic rings. The Balaban J connectivity index is 1.51. The summed E-state index contributed by atoms with van der Waals surface area (Å²) in [6.45, 7) is 1.58. The van der Waals surface area contributed by atoms with Crippen LogP contribution in [-0.2, 0) is 18.2 Å². The number of ether oxygens (including phenoxy) is 1. The van der Waals surface area contributed by atoms with Crippen LogP contribution in [0.5, 0.6) is 0 Å². The zero-order chi connectivity index (χ0) is 16.5. The minimum Gasteiger partial charge on any atom is -0.376 e. The summed E-state index contributed by atoms with van der Waals surface area (Å²) in [4.78, 5) is 17.8. The Kier molecular flexibility index (Phi) is 4.14. The summed E-state index contributed by atoms with van der Waals surface area (Å²) in [6.07, 6.45) is 10.1. The third-order valence-corrected chi connectivity index (χ3v) is 5.02. The first kappa shape index (κ1) is 15.4. The molecule has 3 heterocycles. The van der Waals surface area contributed by atoms with Crippen molar-refractivity contribution in [2.75, 3.05) is 13.2 Å². The van der Waals surface area contributed by atoms with Crippen LogP contribution in [0.25, 0.3) is 0 Å². The largest absolute Gasteiger partial charge is 0.376 e. The van der Waals surface area contributed by atoms with Crippen LogP contribution in [0, 0.1) is 5.92 Å². The summed E-state index contributed by atoms with van der Waals surface area (Å²) >= 11 is 0. The summed E-state index contributed by atoms with van der Waals surface area (Å²) in [5, 5.41) is 4.25. The van der Waals surface area contributed by atoms with Crippen LogP contribution in [0.2, 0.25) is 0 Å². The molecule has 2 aromatic rings. The van der Waals surface area contributed by atoms with Gasteiger partial charge in [-0.1, -0.05) is 0 Å². The Labute approximate surface area is 141 Å². The van der Waals surface area contributed by atoms with Gasteiger partial charge in [-0.2, -0.15) is 5.10 Å². The van der Waals surface area contributed by atoms with E-state index in [0.29, 0.717) is 5.69 Å². The van der Waals surface area contributed by atoms with Gasteiger partial charge in [0.05, 0.1) is 18.3 Å². The van der Waals surface area contributed by atoms with Crippen LogP contribution >= 0.6 is 0 Å². The van der Waals surface area contributed by atoms with E-state index in [4.69, 9.17) is 4.74 Å². The van der Waals surface area contributed by atoms with Crippen LogP contribution in [0.4, 0.5) is 0 Å². The van der Waals surface area contributed by atoms with Crippen molar-refractivity contribution in [1.29, 1.82) is 0 Å². The van der Waals surface area contributed by atoms with E-state index in [1.807, 2.05) is 41.2 Å². The van der Waals surface area contributed by atoms with Gasteiger partial charge in [0, 0.05) is 32.6 Å². The van der Waals surface area contributed by atoms with Crippen LogP contribution in [0.15, 0.2) is 30.7 Å². The van der Waals surface area contributed by atoms with Crippen molar-refractivity contribution in [2.24, 2.45) is 13.0 Å². The summed E-state index contributed by atoms with van der Waals surface area (Å²) in [5.74, 6) is 0.795. The predicted octanol–water partition coefficient (Wildman–Crippen LogP) is 2.00. The average Bonchev–Trinajstić information content (AvgIpc) is 2.98. The Morgan fingerprint density at radius 2 is 2.29 bits per heavy atom. The first-order chi connectivity index (χ1) is 11.7. The van der Waals surface area contributed by atoms with Crippen LogP contribution in [-0.4, -0.2) is 50.9 Å². The molecular weight excluding hydrogens is 304 g/mol. The third kappa shape index (κ3) is 3.24. The second-order valence-electron chi connectivity index (χ2n) is 6.98. The Bertz CT molecular complexity index is 690. The molecule has 1 N–H and O–H groups in total. The molecule has 2 fully saturated rings. The molecule has 0 bridgehead atoms. The van der Waals surface area contributed by atoms with E-state index in [2.05, 4.69) is 10.1 Å². The molecular formula is C18H24N4O2. The molecule has 1 amide bonds. The number of aryl methyl sites for hydroxylation is 1. The van der Waals surface area contributed by atoms with E-state index < -0.39 is 0 Å². The fourth-order valence-electron chi connectivity index (χ4n) is 3.49. The highest BCUT2D eigenvalue weighted by atomic mass is 16.5. The number of nitrogens with one attached hydrogen (secondary N) is 1. The number of rotatable bonds is 6. The van der Waals surface area contributed by atoms with Gasteiger partial charge in [0.15, 0.2) is 0 Å². The fraction of sp³-hybridized carbons (Fsp3) is 0.556. The topological polar surface area (TPSA) is 63.1 Å². The number of H-pyrrole nitrogens is 1. The smallest absolute Gasteiger partial charge is 0.270 e. The van der Waals surface area contributed by atoms with Crippen LogP contribution in [0.1, 0.15) is 35.3 Å². The number of amides is 1. The van der Waals surface area contributed by atoms with Crippen LogP contribution < -0.4 is 0 Å². The maximum absolute atomic E-state index is 12.8. The maximum atomic E-state index is 12.8. The number of aromatic nitrogens is 3. The molecule has 0 aromatic carbocycles. The van der Waals surface area contributed by atoms with Crippen molar-refractivity contribution >= 4 is 5.91 Å². The van der Waals surface area contributed by atoms with Gasteiger partial charge in [-0.3, -0.25) is 9.48 Å². The van der Waals surface area contributed by atoms with Gasteiger partial charge in [0.25, 0.3) is 5.91 Å². The Hall–Kier alpha value is -2.08. The molecule has 1 saturated carbocycles. The highest BCUT2D eigenvalue weighted by Crippen LogP contribution is 2.32. The highest BCUT2D eigenvalue weighted by molar-refractivity contribution is 5.92. The van der Waals surface area contributed by atoms with Crippen molar-refractivity contribution in [3.63, 3.8) is 0 Å². The first-order valence-electron chi connectivity index (χ1n) is 8.74. The van der Waals surface area contributed by atoms with Crippen molar-refractivity contribution < 1.29 is 9.53 Å². The van der Waals surface area contributed by atoms with Gasteiger partial charge in [-0.05, 0) is 49.3 Å². The number of hydrogen-bond donors (Lipinski definition) is 1. The normalized spacial score (nSPS) is 23.8. The molecule has 1 aliphatic heterocycles. The van der Waals surface area contributed by atoms with Crippen molar-refractivity contribution in [2.45, 2.75) is 37.8 Å². The molecule has 1 saturated heterocycles. The average molecular weight is 328 g/mol. The molecule has 1 aliphatic carbocycles. The number of hydrogen-bond acceptors (Lipinski definition) is 3. The van der Waals surface area contributed by atoms with E-state index >= 15 is 0 Å². The standard InChI is InChI=1S/C18H24N4O2/c1-21-11-14(10-20-21)9-16-17(24-12-13-4-5-13)6-8-22(16)18(23)15-3-2-7-19-15/h2-3,7,10-11,13,16-17,19H,4-6,8-9,12H2,1H3/t16-,17-/m0/s1. The number of carbonyl (C=O) groups excluding carboxylic acids is 1. The number of aromatic amines is 1. The summed E-state index contributed by atoms with van der Waals surface area (Å²) in [7, 11) is 1.92. The highest BCUT2D eigenvalue weighted by Gasteiger charge is 2.39. The minimum absolute atomic E-state index is 0.0615. The maximum Gasteiger partial charge on any atom is 0.270 e. The summed E-state index contributed by atoms with van der Waals surface area (Å²) in [6, 6.07) is 3.77. The molecule has 0 spiro atoms. The second-order valence-corrected chi connectivity index (χ2v) is 6.98. The molecule has 24 heavy (non-hydrogen) atoms. The van der Waals surface area contributed by atoms with Gasteiger partial charge in [-0.25, -0.2) is 0 Å². The third-order valence-electron chi connectivity index (χ3n) is 5.02. The van der Waals surface area contributed by atoms with E-state index in [9.17, 15) is 4.79 Å². The van der Waals surface area contributed by atoms with Crippen molar-refractivity contribution in [1.82, 2.24) is 19.7 Å². The van der Waals surface area contributed by atoms with Crippen LogP contribution in [0.3, 0.4) is 0 Å². The van der Waals surface area contributed by atoms with Gasteiger partial charge >= 0.3 is 0 Å². The summed E-state index contributed by atoms with van der Waals surface area (Å²) in [5.41, 5.74) is 1.79. The zero-order valence-corrected chi connectivity index (χ0v) is 14.0. The van der Waals surface area contributed by atoms with Crippen molar-refractivity contribution in [3.8, 4) is 0 Å². The van der Waals surface area contributed by atoms with Crippen molar-refractivity contribution in [3.05, 3.63) is 42.0 Å². The number of nitrogens with zero attached hydrogens (tertiary/aromatic N) is 3. The zero-order valence-electron chi connectivity index (χ0n) is 14.0. The van der Waals surface area contributed by atoms with E-state index in [-0.39, 0.29) is 18.1 Å². The molecule has 2 aromatic heterocycles. The second kappa shape index (κ2) is 6.43. The first-order valence-corrected chi connectivity index (χ1v) is 8.74. The fourth-order valence-corrected chi connectivity index (χ4v) is 3.49.